The molecule has 0 amide bonds. The summed E-state index contributed by atoms with van der Waals surface area (Å²) in [6, 6.07) is 9.44. The molecule has 2 aromatic rings. The average Bonchev–Trinajstić information content (AvgIpc) is 2.67. The Balaban J connectivity index is 1.55. The number of ether oxygens (including phenoxy) is 1. The molecule has 27 heavy (non-hydrogen) atoms. The van der Waals surface area contributed by atoms with Gasteiger partial charge in [-0.05, 0) is 43.7 Å². The van der Waals surface area contributed by atoms with Gasteiger partial charge in [0.25, 0.3) is 0 Å². The van der Waals surface area contributed by atoms with Crippen LogP contribution in [0.5, 0.6) is 5.75 Å². The second-order valence-corrected chi connectivity index (χ2v) is 7.15. The first-order valence-electron chi connectivity index (χ1n) is 9.29. The second kappa shape index (κ2) is 9.10. The van der Waals surface area contributed by atoms with Gasteiger partial charge in [-0.3, -0.25) is 4.90 Å². The molecule has 146 valence electrons. The van der Waals surface area contributed by atoms with Gasteiger partial charge in [0.1, 0.15) is 19.0 Å². The van der Waals surface area contributed by atoms with Crippen LogP contribution in [-0.2, 0) is 6.54 Å². The van der Waals surface area contributed by atoms with Crippen molar-refractivity contribution in [2.75, 3.05) is 44.9 Å². The zero-order valence-corrected chi connectivity index (χ0v) is 15.7. The first kappa shape index (κ1) is 19.5. The smallest absolute Gasteiger partial charge is 0.225 e. The number of anilines is 1. The molecule has 0 aliphatic carbocycles. The third-order valence-electron chi connectivity index (χ3n) is 4.68. The highest BCUT2D eigenvalue weighted by atomic mass is 19.1. The number of alkyl halides is 1. The van der Waals surface area contributed by atoms with Crippen LogP contribution >= 0.6 is 0 Å². The van der Waals surface area contributed by atoms with Gasteiger partial charge in [-0.2, -0.15) is 0 Å². The molecule has 1 aliphatic rings. The number of benzene rings is 1. The summed E-state index contributed by atoms with van der Waals surface area (Å²) >= 11 is 0. The number of aliphatic hydroxyl groups is 1. The minimum Gasteiger partial charge on any atom is -0.491 e. The maximum absolute atomic E-state index is 12.2. The molecule has 1 fully saturated rings. The second-order valence-electron chi connectivity index (χ2n) is 7.15. The maximum Gasteiger partial charge on any atom is 0.225 e. The van der Waals surface area contributed by atoms with Gasteiger partial charge in [0.2, 0.25) is 5.95 Å². The fraction of sp³-hybridized carbons (Fsp3) is 0.500. The number of β-amino-alcohol motifs (C(OH)–C–C–N with tert-alkyl or cyclic N) is 1. The molecule has 0 unspecified atom stereocenters. The van der Waals surface area contributed by atoms with Gasteiger partial charge >= 0.3 is 0 Å². The number of halogens is 1. The molecule has 0 radical (unpaired) electrons. The summed E-state index contributed by atoms with van der Waals surface area (Å²) in [7, 11) is 2.00. The normalized spacial score (nSPS) is 20.1. The monoisotopic (exact) mass is 374 g/mol. The third-order valence-corrected chi connectivity index (χ3v) is 4.68. The Morgan fingerprint density at radius 3 is 2.70 bits per heavy atom. The lowest BCUT2D eigenvalue weighted by Gasteiger charge is -2.41. The van der Waals surface area contributed by atoms with Crippen molar-refractivity contribution in [1.29, 1.82) is 0 Å². The van der Waals surface area contributed by atoms with E-state index in [9.17, 15) is 9.50 Å². The highest BCUT2D eigenvalue weighted by Gasteiger charge is 2.35. The lowest BCUT2D eigenvalue weighted by atomic mass is 9.92. The molecular weight excluding hydrogens is 347 g/mol. The van der Waals surface area contributed by atoms with E-state index in [1.54, 1.807) is 18.5 Å². The lowest BCUT2D eigenvalue weighted by Crippen LogP contribution is -2.54. The van der Waals surface area contributed by atoms with Crippen molar-refractivity contribution >= 4 is 5.95 Å². The van der Waals surface area contributed by atoms with Gasteiger partial charge in [-0.15, -0.1) is 0 Å². The fourth-order valence-electron chi connectivity index (χ4n) is 3.58. The van der Waals surface area contributed by atoms with Crippen LogP contribution < -0.4 is 9.64 Å². The summed E-state index contributed by atoms with van der Waals surface area (Å²) in [5.41, 5.74) is 0.323. The summed E-state index contributed by atoms with van der Waals surface area (Å²) in [4.78, 5) is 12.8. The number of hydrogen-bond donors (Lipinski definition) is 1. The van der Waals surface area contributed by atoms with Crippen molar-refractivity contribution < 1.29 is 14.2 Å². The summed E-state index contributed by atoms with van der Waals surface area (Å²) in [6.07, 6.45) is 5.12. The Hall–Kier alpha value is -2.25. The molecule has 3 rings (SSSR count). The fourth-order valence-corrected chi connectivity index (χ4v) is 3.58. The largest absolute Gasteiger partial charge is 0.491 e. The predicted octanol–water partition coefficient (Wildman–Crippen LogP) is 2.29. The van der Waals surface area contributed by atoms with Crippen LogP contribution in [0.4, 0.5) is 10.3 Å². The van der Waals surface area contributed by atoms with Crippen molar-refractivity contribution in [1.82, 2.24) is 14.9 Å². The van der Waals surface area contributed by atoms with Crippen molar-refractivity contribution in [3.05, 3.63) is 48.3 Å². The Bertz CT molecular complexity index is 701. The molecular formula is C20H27FN4O2. The van der Waals surface area contributed by atoms with E-state index >= 15 is 0 Å². The Morgan fingerprint density at radius 1 is 1.26 bits per heavy atom. The molecule has 1 aliphatic heterocycles. The van der Waals surface area contributed by atoms with E-state index in [1.807, 2.05) is 36.2 Å². The van der Waals surface area contributed by atoms with E-state index in [0.717, 1.165) is 24.9 Å². The van der Waals surface area contributed by atoms with Gasteiger partial charge in [-0.1, -0.05) is 12.1 Å². The highest BCUT2D eigenvalue weighted by molar-refractivity contribution is 5.31. The van der Waals surface area contributed by atoms with Crippen LogP contribution in [0.2, 0.25) is 0 Å². The number of hydrogen-bond acceptors (Lipinski definition) is 6. The van der Waals surface area contributed by atoms with E-state index < -0.39 is 12.3 Å². The maximum atomic E-state index is 12.2. The minimum absolute atomic E-state index is 0.0773. The van der Waals surface area contributed by atoms with Crippen molar-refractivity contribution in [2.45, 2.75) is 25.0 Å². The van der Waals surface area contributed by atoms with Crippen molar-refractivity contribution in [3.63, 3.8) is 0 Å². The SMILES string of the molecule is CN(Cc1ccc(OCCF)cc1)C[C@]1(O)CCCN(c2ncccn2)C1. The van der Waals surface area contributed by atoms with Crippen LogP contribution in [0, 0.1) is 0 Å². The average molecular weight is 374 g/mol. The first-order valence-corrected chi connectivity index (χ1v) is 9.29. The lowest BCUT2D eigenvalue weighted by molar-refractivity contribution is -0.00366. The zero-order valence-electron chi connectivity index (χ0n) is 15.7. The number of nitrogens with zero attached hydrogens (tertiary/aromatic N) is 4. The molecule has 1 N–H and O–H groups in total. The molecule has 7 heteroatoms. The highest BCUT2D eigenvalue weighted by Crippen LogP contribution is 2.25. The number of piperidine rings is 1. The number of aromatic nitrogens is 2. The third kappa shape index (κ3) is 5.61. The van der Waals surface area contributed by atoms with Crippen LogP contribution in [0.25, 0.3) is 0 Å². The molecule has 6 nitrogen and oxygen atoms in total. The van der Waals surface area contributed by atoms with E-state index in [1.165, 1.54) is 0 Å². The molecule has 1 aromatic heterocycles. The number of rotatable bonds is 8. The van der Waals surface area contributed by atoms with Gasteiger partial charge in [0.05, 0.1) is 12.1 Å². The topological polar surface area (TPSA) is 61.7 Å². The zero-order chi connectivity index (χ0) is 19.1. The molecule has 0 bridgehead atoms. The molecule has 1 aromatic carbocycles. The summed E-state index contributed by atoms with van der Waals surface area (Å²) in [6.45, 7) is 2.25. The quantitative estimate of drug-likeness (QED) is 0.765. The van der Waals surface area contributed by atoms with E-state index in [2.05, 4.69) is 14.9 Å². The van der Waals surface area contributed by atoms with Crippen molar-refractivity contribution in [2.24, 2.45) is 0 Å². The molecule has 1 atom stereocenters. The molecule has 2 heterocycles. The molecule has 0 spiro atoms. The van der Waals surface area contributed by atoms with Crippen LogP contribution in [0.1, 0.15) is 18.4 Å². The molecule has 0 saturated carbocycles. The van der Waals surface area contributed by atoms with E-state index in [4.69, 9.17) is 4.74 Å². The standard InChI is InChI=1S/C20H27FN4O2/c1-24(14-17-4-6-18(7-5-17)27-13-9-21)15-20(26)8-2-12-25(16-20)19-22-10-3-11-23-19/h3-7,10-11,26H,2,8-9,12-16H2,1H3/t20-/m1/s1. The predicted molar refractivity (Wildman–Crippen MR) is 103 cm³/mol. The van der Waals surface area contributed by atoms with E-state index in [-0.39, 0.29) is 6.61 Å². The first-order chi connectivity index (χ1) is 13.1. The number of likely N-dealkylation sites (N-methyl/N-ethyl adjacent to an activating group) is 1. The summed E-state index contributed by atoms with van der Waals surface area (Å²) in [5.74, 6) is 1.34. The van der Waals surface area contributed by atoms with Gasteiger partial charge < -0.3 is 14.7 Å². The Labute approximate surface area is 159 Å². The van der Waals surface area contributed by atoms with E-state index in [0.29, 0.717) is 31.3 Å². The minimum atomic E-state index is -0.795. The van der Waals surface area contributed by atoms with Crippen LogP contribution in [0.15, 0.2) is 42.7 Å². The summed E-state index contributed by atoms with van der Waals surface area (Å²) < 4.78 is 17.4. The van der Waals surface area contributed by atoms with Gasteiger partial charge in [0.15, 0.2) is 0 Å². The Kier molecular flexibility index (Phi) is 6.58. The van der Waals surface area contributed by atoms with Crippen LogP contribution in [0.3, 0.4) is 0 Å². The Morgan fingerprint density at radius 2 is 2.00 bits per heavy atom. The molecule has 1 saturated heterocycles. The van der Waals surface area contributed by atoms with Gasteiger partial charge in [0, 0.05) is 32.0 Å². The summed E-state index contributed by atoms with van der Waals surface area (Å²) in [5, 5.41) is 11.1. The van der Waals surface area contributed by atoms with Crippen LogP contribution in [-0.4, -0.2) is 65.5 Å². The van der Waals surface area contributed by atoms with Gasteiger partial charge in [-0.25, -0.2) is 14.4 Å². The van der Waals surface area contributed by atoms with Crippen molar-refractivity contribution in [3.8, 4) is 5.75 Å².